The predicted molar refractivity (Wildman–Crippen MR) is 116 cm³/mol. The lowest BCUT2D eigenvalue weighted by Crippen LogP contribution is -2.47. The summed E-state index contributed by atoms with van der Waals surface area (Å²) < 4.78 is 0. The van der Waals surface area contributed by atoms with Gasteiger partial charge in [0.05, 0.1) is 0 Å². The molecule has 2 heterocycles. The molecule has 2 aromatic carbocycles. The number of rotatable bonds is 4. The molecule has 0 atom stereocenters. The van der Waals surface area contributed by atoms with Crippen LogP contribution in [0, 0.1) is 0 Å². The number of piperidine rings is 2. The summed E-state index contributed by atoms with van der Waals surface area (Å²) in [6.45, 7) is 5.96. The number of fused-ring (bicyclic) bond motifs is 1. The van der Waals surface area contributed by atoms with Crippen LogP contribution in [-0.2, 0) is 0 Å². The number of likely N-dealkylation sites (N-methyl/N-ethyl adjacent to an activating group) is 1. The van der Waals surface area contributed by atoms with E-state index < -0.39 is 0 Å². The Hall–Kier alpha value is -2.07. The number of likely N-dealkylation sites (tertiary alicyclic amines) is 2. The van der Waals surface area contributed by atoms with Crippen molar-refractivity contribution in [1.82, 2.24) is 14.7 Å². The van der Waals surface area contributed by atoms with E-state index in [9.17, 15) is 4.79 Å². The Morgan fingerprint density at radius 1 is 0.964 bits per heavy atom. The van der Waals surface area contributed by atoms with Gasteiger partial charge in [-0.25, -0.2) is 4.79 Å². The number of benzene rings is 2. The molecule has 0 spiro atoms. The van der Waals surface area contributed by atoms with Crippen molar-refractivity contribution in [3.8, 4) is 0 Å². The molecule has 0 saturated carbocycles. The summed E-state index contributed by atoms with van der Waals surface area (Å²) >= 11 is 0. The van der Waals surface area contributed by atoms with Gasteiger partial charge in [-0.15, -0.1) is 0 Å². The molecule has 2 aliphatic heterocycles. The predicted octanol–water partition coefficient (Wildman–Crippen LogP) is 4.56. The lowest BCUT2D eigenvalue weighted by Gasteiger charge is -2.35. The zero-order valence-corrected chi connectivity index (χ0v) is 17.1. The molecular formula is C24H33N3O. The second kappa shape index (κ2) is 8.95. The summed E-state index contributed by atoms with van der Waals surface area (Å²) in [6.07, 6.45) is 6.09. The van der Waals surface area contributed by atoms with Gasteiger partial charge in [0, 0.05) is 33.2 Å². The smallest absolute Gasteiger partial charge is 0.319 e. The van der Waals surface area contributed by atoms with Crippen LogP contribution in [0.4, 0.5) is 4.79 Å². The highest BCUT2D eigenvalue weighted by atomic mass is 16.2. The highest BCUT2D eigenvalue weighted by Crippen LogP contribution is 2.30. The average molecular weight is 380 g/mol. The minimum atomic E-state index is 0.203. The lowest BCUT2D eigenvalue weighted by atomic mass is 9.88. The quantitative estimate of drug-likeness (QED) is 0.779. The zero-order chi connectivity index (χ0) is 19.3. The van der Waals surface area contributed by atoms with Crippen molar-refractivity contribution >= 4 is 16.8 Å². The van der Waals surface area contributed by atoms with Crippen LogP contribution in [0.5, 0.6) is 0 Å². The molecule has 0 radical (unpaired) electrons. The topological polar surface area (TPSA) is 26.8 Å². The molecule has 4 heteroatoms. The van der Waals surface area contributed by atoms with E-state index in [0.717, 1.165) is 39.0 Å². The minimum Gasteiger partial charge on any atom is -0.326 e. The van der Waals surface area contributed by atoms with Crippen molar-refractivity contribution < 1.29 is 4.79 Å². The van der Waals surface area contributed by atoms with Gasteiger partial charge < -0.3 is 14.7 Å². The molecule has 4 nitrogen and oxygen atoms in total. The molecule has 150 valence electrons. The van der Waals surface area contributed by atoms with Crippen LogP contribution in [0.25, 0.3) is 10.8 Å². The third-order valence-corrected chi connectivity index (χ3v) is 6.54. The number of hydrogen-bond acceptors (Lipinski definition) is 2. The van der Waals surface area contributed by atoms with E-state index in [0.29, 0.717) is 5.92 Å². The second-order valence-corrected chi connectivity index (χ2v) is 8.47. The van der Waals surface area contributed by atoms with Gasteiger partial charge in [0.1, 0.15) is 0 Å². The van der Waals surface area contributed by atoms with Crippen molar-refractivity contribution in [3.63, 3.8) is 0 Å². The molecule has 0 unspecified atom stereocenters. The van der Waals surface area contributed by atoms with Crippen molar-refractivity contribution in [2.75, 3.05) is 46.3 Å². The van der Waals surface area contributed by atoms with E-state index in [-0.39, 0.29) is 6.03 Å². The van der Waals surface area contributed by atoms with Crippen LogP contribution in [0.2, 0.25) is 0 Å². The Morgan fingerprint density at radius 3 is 2.43 bits per heavy atom. The van der Waals surface area contributed by atoms with Gasteiger partial charge >= 0.3 is 6.03 Å². The first-order chi connectivity index (χ1) is 13.7. The largest absolute Gasteiger partial charge is 0.326 e. The highest BCUT2D eigenvalue weighted by Gasteiger charge is 2.26. The van der Waals surface area contributed by atoms with E-state index in [1.54, 1.807) is 0 Å². The van der Waals surface area contributed by atoms with Gasteiger partial charge in [-0.05, 0) is 61.0 Å². The Labute approximate surface area is 169 Å². The highest BCUT2D eigenvalue weighted by molar-refractivity contribution is 5.83. The van der Waals surface area contributed by atoms with Crippen LogP contribution in [0.15, 0.2) is 42.5 Å². The van der Waals surface area contributed by atoms with Crippen LogP contribution in [-0.4, -0.2) is 67.0 Å². The molecule has 2 saturated heterocycles. The molecule has 2 amide bonds. The van der Waals surface area contributed by atoms with Crippen LogP contribution >= 0.6 is 0 Å². The van der Waals surface area contributed by atoms with Crippen molar-refractivity contribution in [2.45, 2.75) is 38.0 Å². The van der Waals surface area contributed by atoms with Gasteiger partial charge in [0.15, 0.2) is 0 Å². The number of amides is 2. The van der Waals surface area contributed by atoms with Gasteiger partial charge in [0.2, 0.25) is 0 Å². The Kier molecular flexibility index (Phi) is 6.16. The molecule has 0 aromatic heterocycles. The summed E-state index contributed by atoms with van der Waals surface area (Å²) in [6, 6.07) is 15.6. The van der Waals surface area contributed by atoms with Gasteiger partial charge in [-0.3, -0.25) is 0 Å². The number of nitrogens with zero attached hydrogens (tertiary/aromatic N) is 3. The van der Waals surface area contributed by atoms with Crippen molar-refractivity contribution in [2.24, 2.45) is 0 Å². The fourth-order valence-electron chi connectivity index (χ4n) is 4.68. The van der Waals surface area contributed by atoms with Gasteiger partial charge in [-0.2, -0.15) is 0 Å². The minimum absolute atomic E-state index is 0.203. The van der Waals surface area contributed by atoms with E-state index in [1.165, 1.54) is 48.7 Å². The molecular weight excluding hydrogens is 346 g/mol. The van der Waals surface area contributed by atoms with Crippen LogP contribution in [0.3, 0.4) is 0 Å². The fourth-order valence-corrected chi connectivity index (χ4v) is 4.68. The standard InChI is InChI=1S/C24H33N3O/c1-25(17-18-26-13-5-2-6-14-26)24(28)27-15-11-21(12-16-27)23-10-9-20-7-3-4-8-22(20)19-23/h3-4,7-10,19,21H,2,5-6,11-18H2,1H3. The maximum absolute atomic E-state index is 12.8. The van der Waals surface area contributed by atoms with Gasteiger partial charge in [-0.1, -0.05) is 48.9 Å². The Morgan fingerprint density at radius 2 is 1.68 bits per heavy atom. The van der Waals surface area contributed by atoms with Gasteiger partial charge in [0.25, 0.3) is 0 Å². The van der Waals surface area contributed by atoms with Crippen molar-refractivity contribution in [1.29, 1.82) is 0 Å². The summed E-state index contributed by atoms with van der Waals surface area (Å²) in [5, 5.41) is 2.62. The first-order valence-electron chi connectivity index (χ1n) is 10.9. The Balaban J connectivity index is 1.28. The lowest BCUT2D eigenvalue weighted by molar-refractivity contribution is 0.139. The average Bonchev–Trinajstić information content (AvgIpc) is 2.77. The van der Waals surface area contributed by atoms with E-state index >= 15 is 0 Å². The maximum Gasteiger partial charge on any atom is 0.319 e. The molecule has 0 bridgehead atoms. The molecule has 2 aliphatic rings. The number of hydrogen-bond donors (Lipinski definition) is 0. The molecule has 2 fully saturated rings. The monoisotopic (exact) mass is 379 g/mol. The summed E-state index contributed by atoms with van der Waals surface area (Å²) in [4.78, 5) is 19.3. The summed E-state index contributed by atoms with van der Waals surface area (Å²) in [7, 11) is 1.96. The number of urea groups is 1. The molecule has 28 heavy (non-hydrogen) atoms. The number of carbonyl (C=O) groups excluding carboxylic acids is 1. The third-order valence-electron chi connectivity index (χ3n) is 6.54. The normalized spacial score (nSPS) is 19.1. The summed E-state index contributed by atoms with van der Waals surface area (Å²) in [5.41, 5.74) is 1.42. The molecule has 0 N–H and O–H groups in total. The molecule has 4 rings (SSSR count). The number of carbonyl (C=O) groups is 1. The fraction of sp³-hybridized carbons (Fsp3) is 0.542. The third kappa shape index (κ3) is 4.49. The van der Waals surface area contributed by atoms with Crippen molar-refractivity contribution in [3.05, 3.63) is 48.0 Å². The molecule has 0 aliphatic carbocycles. The molecule has 2 aromatic rings. The first-order valence-corrected chi connectivity index (χ1v) is 10.9. The van der Waals surface area contributed by atoms with Crippen LogP contribution in [0.1, 0.15) is 43.6 Å². The first kappa shape index (κ1) is 19.3. The SMILES string of the molecule is CN(CCN1CCCCC1)C(=O)N1CCC(c2ccc3ccccc3c2)CC1. The van der Waals surface area contributed by atoms with E-state index in [1.807, 2.05) is 16.8 Å². The van der Waals surface area contributed by atoms with E-state index in [4.69, 9.17) is 0 Å². The Bertz CT molecular complexity index is 791. The van der Waals surface area contributed by atoms with E-state index in [2.05, 4.69) is 47.4 Å². The van der Waals surface area contributed by atoms with Crippen LogP contribution < -0.4 is 0 Å². The maximum atomic E-state index is 12.8. The zero-order valence-electron chi connectivity index (χ0n) is 17.1. The second-order valence-electron chi connectivity index (χ2n) is 8.47. The summed E-state index contributed by atoms with van der Waals surface area (Å²) in [5.74, 6) is 0.562.